The third kappa shape index (κ3) is 2.83. The fourth-order valence-electron chi connectivity index (χ4n) is 2.36. The van der Waals surface area contributed by atoms with Gasteiger partial charge in [0.1, 0.15) is 0 Å². The molecule has 0 radical (unpaired) electrons. The summed E-state index contributed by atoms with van der Waals surface area (Å²) in [5.74, 6) is 0. The lowest BCUT2D eigenvalue weighted by Gasteiger charge is -2.28. The Bertz CT molecular complexity index is 341. The molecule has 1 aromatic carbocycles. The van der Waals surface area contributed by atoms with E-state index in [-0.39, 0.29) is 0 Å². The minimum Gasteiger partial charge on any atom is -0.314 e. The Hall–Kier alpha value is -0.860. The van der Waals surface area contributed by atoms with Gasteiger partial charge >= 0.3 is 0 Å². The second-order valence-corrected chi connectivity index (χ2v) is 4.65. The van der Waals surface area contributed by atoms with Gasteiger partial charge in [0.05, 0.1) is 0 Å². The Morgan fingerprint density at radius 3 is 2.62 bits per heavy atom. The molecule has 2 rings (SSSR count). The first-order chi connectivity index (χ1) is 7.79. The second kappa shape index (κ2) is 5.46. The van der Waals surface area contributed by atoms with Gasteiger partial charge in [-0.15, -0.1) is 0 Å². The lowest BCUT2D eigenvalue weighted by Crippen LogP contribution is -2.43. The summed E-state index contributed by atoms with van der Waals surface area (Å²) in [5.41, 5.74) is 4.40. The Morgan fingerprint density at radius 1 is 1.19 bits per heavy atom. The number of hydrogen-bond acceptors (Lipinski definition) is 2. The highest BCUT2D eigenvalue weighted by Crippen LogP contribution is 2.15. The second-order valence-electron chi connectivity index (χ2n) is 4.65. The fraction of sp³-hybridized carbons (Fsp3) is 0.571. The summed E-state index contributed by atoms with van der Waals surface area (Å²) < 4.78 is 0. The fourth-order valence-corrected chi connectivity index (χ4v) is 2.36. The molecule has 1 heterocycles. The van der Waals surface area contributed by atoms with Gasteiger partial charge in [-0.1, -0.05) is 30.7 Å². The van der Waals surface area contributed by atoms with E-state index in [9.17, 15) is 0 Å². The van der Waals surface area contributed by atoms with Crippen molar-refractivity contribution in [2.45, 2.75) is 26.8 Å². The van der Waals surface area contributed by atoms with E-state index in [1.807, 2.05) is 0 Å². The van der Waals surface area contributed by atoms with Crippen molar-refractivity contribution in [3.05, 3.63) is 34.9 Å². The van der Waals surface area contributed by atoms with Gasteiger partial charge in [-0.2, -0.15) is 0 Å². The Balaban J connectivity index is 2.09. The Morgan fingerprint density at radius 2 is 1.94 bits per heavy atom. The van der Waals surface area contributed by atoms with Crippen molar-refractivity contribution in [2.75, 3.05) is 26.2 Å². The molecule has 1 aliphatic heterocycles. The maximum absolute atomic E-state index is 3.40. The average Bonchev–Trinajstić information content (AvgIpc) is 2.31. The van der Waals surface area contributed by atoms with E-state index in [1.54, 1.807) is 0 Å². The first-order valence-corrected chi connectivity index (χ1v) is 6.31. The molecule has 1 N–H and O–H groups in total. The van der Waals surface area contributed by atoms with E-state index in [1.165, 1.54) is 29.8 Å². The van der Waals surface area contributed by atoms with Crippen molar-refractivity contribution in [3.8, 4) is 0 Å². The van der Waals surface area contributed by atoms with E-state index < -0.39 is 0 Å². The Kier molecular flexibility index (Phi) is 3.97. The summed E-state index contributed by atoms with van der Waals surface area (Å²) in [6.07, 6.45) is 1.14. The van der Waals surface area contributed by atoms with Crippen LogP contribution in [0.2, 0.25) is 0 Å². The normalized spacial score (nSPS) is 17.6. The molecular formula is C14H22N2. The van der Waals surface area contributed by atoms with Gasteiger partial charge in [0, 0.05) is 32.7 Å². The summed E-state index contributed by atoms with van der Waals surface area (Å²) in [7, 11) is 0. The first-order valence-electron chi connectivity index (χ1n) is 6.31. The largest absolute Gasteiger partial charge is 0.314 e. The summed E-state index contributed by atoms with van der Waals surface area (Å²) in [4.78, 5) is 2.55. The molecule has 0 aliphatic carbocycles. The number of nitrogens with zero attached hydrogens (tertiary/aromatic N) is 1. The number of hydrogen-bond donors (Lipinski definition) is 1. The summed E-state index contributed by atoms with van der Waals surface area (Å²) >= 11 is 0. The molecule has 0 bridgehead atoms. The molecule has 1 aliphatic rings. The maximum atomic E-state index is 3.40. The van der Waals surface area contributed by atoms with Crippen molar-refractivity contribution in [1.82, 2.24) is 10.2 Å². The standard InChI is InChI=1S/C14H22N2/c1-3-13-5-4-12(2)10-14(13)11-16-8-6-15-7-9-16/h4-5,10,15H,3,6-9,11H2,1-2H3. The molecule has 1 aromatic rings. The van der Waals surface area contributed by atoms with Gasteiger partial charge < -0.3 is 5.32 Å². The van der Waals surface area contributed by atoms with E-state index in [0.717, 1.165) is 26.1 Å². The zero-order chi connectivity index (χ0) is 11.4. The highest BCUT2D eigenvalue weighted by Gasteiger charge is 2.11. The van der Waals surface area contributed by atoms with Gasteiger partial charge in [0.25, 0.3) is 0 Å². The number of rotatable bonds is 3. The molecule has 0 aromatic heterocycles. The lowest BCUT2D eigenvalue weighted by molar-refractivity contribution is 0.232. The van der Waals surface area contributed by atoms with Crippen LogP contribution in [0.4, 0.5) is 0 Å². The zero-order valence-electron chi connectivity index (χ0n) is 10.4. The van der Waals surface area contributed by atoms with E-state index in [0.29, 0.717) is 0 Å². The van der Waals surface area contributed by atoms with Crippen LogP contribution in [0.25, 0.3) is 0 Å². The SMILES string of the molecule is CCc1ccc(C)cc1CN1CCNCC1. The van der Waals surface area contributed by atoms with E-state index in [2.05, 4.69) is 42.3 Å². The van der Waals surface area contributed by atoms with Crippen molar-refractivity contribution >= 4 is 0 Å². The maximum Gasteiger partial charge on any atom is 0.0237 e. The van der Waals surface area contributed by atoms with Crippen LogP contribution in [0.5, 0.6) is 0 Å². The number of aryl methyl sites for hydroxylation is 2. The Labute approximate surface area is 98.7 Å². The van der Waals surface area contributed by atoms with Crippen LogP contribution >= 0.6 is 0 Å². The van der Waals surface area contributed by atoms with Gasteiger partial charge in [-0.3, -0.25) is 4.90 Å². The molecule has 1 saturated heterocycles. The lowest BCUT2D eigenvalue weighted by atomic mass is 10.0. The average molecular weight is 218 g/mol. The van der Waals surface area contributed by atoms with Gasteiger partial charge in [0.15, 0.2) is 0 Å². The topological polar surface area (TPSA) is 15.3 Å². The zero-order valence-corrected chi connectivity index (χ0v) is 10.4. The molecule has 1 fully saturated rings. The molecular weight excluding hydrogens is 196 g/mol. The smallest absolute Gasteiger partial charge is 0.0237 e. The predicted molar refractivity (Wildman–Crippen MR) is 68.7 cm³/mol. The van der Waals surface area contributed by atoms with Crippen molar-refractivity contribution < 1.29 is 0 Å². The highest BCUT2D eigenvalue weighted by atomic mass is 15.2. The minimum atomic E-state index is 1.12. The minimum absolute atomic E-state index is 1.12. The molecule has 88 valence electrons. The monoisotopic (exact) mass is 218 g/mol. The van der Waals surface area contributed by atoms with Crippen LogP contribution in [0.15, 0.2) is 18.2 Å². The molecule has 2 heteroatoms. The quantitative estimate of drug-likeness (QED) is 0.834. The number of piperazine rings is 1. The molecule has 2 nitrogen and oxygen atoms in total. The molecule has 0 amide bonds. The van der Waals surface area contributed by atoms with Crippen molar-refractivity contribution in [2.24, 2.45) is 0 Å². The van der Waals surface area contributed by atoms with Crippen LogP contribution in [-0.4, -0.2) is 31.1 Å². The number of nitrogens with one attached hydrogen (secondary N) is 1. The van der Waals surface area contributed by atoms with E-state index >= 15 is 0 Å². The summed E-state index contributed by atoms with van der Waals surface area (Å²) in [6.45, 7) is 10.2. The van der Waals surface area contributed by atoms with Crippen LogP contribution < -0.4 is 5.32 Å². The van der Waals surface area contributed by atoms with Crippen molar-refractivity contribution in [3.63, 3.8) is 0 Å². The van der Waals surface area contributed by atoms with Crippen LogP contribution in [0.1, 0.15) is 23.6 Å². The van der Waals surface area contributed by atoms with Gasteiger partial charge in [-0.25, -0.2) is 0 Å². The van der Waals surface area contributed by atoms with Gasteiger partial charge in [0.2, 0.25) is 0 Å². The van der Waals surface area contributed by atoms with Crippen LogP contribution in [0.3, 0.4) is 0 Å². The van der Waals surface area contributed by atoms with Gasteiger partial charge in [-0.05, 0) is 24.5 Å². The summed E-state index contributed by atoms with van der Waals surface area (Å²) in [5, 5.41) is 3.40. The molecule has 0 spiro atoms. The van der Waals surface area contributed by atoms with Crippen LogP contribution in [0, 0.1) is 6.92 Å². The third-order valence-corrected chi connectivity index (χ3v) is 3.35. The predicted octanol–water partition coefficient (Wildman–Crippen LogP) is 1.96. The molecule has 0 unspecified atom stereocenters. The molecule has 0 atom stereocenters. The first kappa shape index (κ1) is 11.6. The molecule has 16 heavy (non-hydrogen) atoms. The number of benzene rings is 1. The highest BCUT2D eigenvalue weighted by molar-refractivity contribution is 5.31. The van der Waals surface area contributed by atoms with Crippen molar-refractivity contribution in [1.29, 1.82) is 0 Å². The molecule has 0 saturated carbocycles. The van der Waals surface area contributed by atoms with E-state index in [4.69, 9.17) is 0 Å². The van der Waals surface area contributed by atoms with Crippen LogP contribution in [-0.2, 0) is 13.0 Å². The third-order valence-electron chi connectivity index (χ3n) is 3.35. The summed E-state index contributed by atoms with van der Waals surface area (Å²) in [6, 6.07) is 6.85.